The molecule has 2 fully saturated rings. The SMILES string of the molecule is O=C[C@@H](O)[C@@H](O[C@H]1O[C@@H]2CO[C@@H](C2O)[C@H]1O)[C@H](O)[C@@H](O)CO. The zero-order valence-electron chi connectivity index (χ0n) is 11.5. The van der Waals surface area contributed by atoms with Crippen LogP contribution >= 0.6 is 0 Å². The molecule has 2 aliphatic heterocycles. The zero-order valence-corrected chi connectivity index (χ0v) is 11.5. The van der Waals surface area contributed by atoms with Gasteiger partial charge in [0.2, 0.25) is 0 Å². The first-order chi connectivity index (χ1) is 10.4. The molecule has 0 aromatic rings. The average Bonchev–Trinajstić information content (AvgIpc) is 2.79. The van der Waals surface area contributed by atoms with E-state index in [9.17, 15) is 30.3 Å². The van der Waals surface area contributed by atoms with E-state index in [1.807, 2.05) is 0 Å². The maximum Gasteiger partial charge on any atom is 0.187 e. The second-order valence-electron chi connectivity index (χ2n) is 5.29. The molecule has 0 radical (unpaired) electrons. The molecule has 2 rings (SSSR count). The van der Waals surface area contributed by atoms with E-state index in [0.717, 1.165) is 0 Å². The monoisotopic (exact) mass is 324 g/mol. The molecule has 0 aromatic heterocycles. The highest BCUT2D eigenvalue weighted by Gasteiger charge is 2.52. The van der Waals surface area contributed by atoms with Crippen LogP contribution in [0.15, 0.2) is 0 Å². The molecule has 2 saturated heterocycles. The van der Waals surface area contributed by atoms with Crippen molar-refractivity contribution in [1.29, 1.82) is 0 Å². The highest BCUT2D eigenvalue weighted by Crippen LogP contribution is 2.31. The van der Waals surface area contributed by atoms with Crippen molar-refractivity contribution < 1.29 is 49.6 Å². The summed E-state index contributed by atoms with van der Waals surface area (Å²) in [5.41, 5.74) is 0. The molecule has 2 bridgehead atoms. The molecule has 10 heteroatoms. The third kappa shape index (κ3) is 3.30. The van der Waals surface area contributed by atoms with Crippen LogP contribution in [-0.4, -0.2) is 105 Å². The molecule has 128 valence electrons. The largest absolute Gasteiger partial charge is 0.394 e. The van der Waals surface area contributed by atoms with Crippen LogP contribution in [0.4, 0.5) is 0 Å². The number of aliphatic hydroxyl groups is 6. The van der Waals surface area contributed by atoms with Crippen molar-refractivity contribution in [2.24, 2.45) is 0 Å². The van der Waals surface area contributed by atoms with Gasteiger partial charge in [0.25, 0.3) is 0 Å². The third-order valence-corrected chi connectivity index (χ3v) is 3.78. The van der Waals surface area contributed by atoms with Crippen molar-refractivity contribution in [1.82, 2.24) is 0 Å². The van der Waals surface area contributed by atoms with Gasteiger partial charge in [-0.1, -0.05) is 0 Å². The molecule has 1 unspecified atom stereocenters. The van der Waals surface area contributed by atoms with E-state index in [2.05, 4.69) is 0 Å². The summed E-state index contributed by atoms with van der Waals surface area (Å²) in [7, 11) is 0. The standard InChI is InChI=1S/C12H20O10/c13-1-4(15)7(17)10(5(16)2-14)22-12-9(19)11-8(18)6(21-12)3-20-11/h2,4-13,15-19H,1,3H2/t4-,5+,6+,7+,8?,9+,10+,11-,12+/m0/s1. The van der Waals surface area contributed by atoms with Crippen LogP contribution in [0.2, 0.25) is 0 Å². The highest BCUT2D eigenvalue weighted by molar-refractivity contribution is 5.56. The van der Waals surface area contributed by atoms with Crippen molar-refractivity contribution in [2.75, 3.05) is 13.2 Å². The summed E-state index contributed by atoms with van der Waals surface area (Å²) in [6.07, 6.45) is -12.4. The van der Waals surface area contributed by atoms with Crippen molar-refractivity contribution in [2.45, 2.75) is 55.1 Å². The lowest BCUT2D eigenvalue weighted by Gasteiger charge is -2.38. The average molecular weight is 324 g/mol. The minimum absolute atomic E-state index is 0.0332. The number of aliphatic hydroxyl groups excluding tert-OH is 6. The molecule has 0 spiro atoms. The third-order valence-electron chi connectivity index (χ3n) is 3.78. The van der Waals surface area contributed by atoms with Gasteiger partial charge >= 0.3 is 0 Å². The number of fused-ring (bicyclic) bond motifs is 2. The van der Waals surface area contributed by atoms with E-state index in [1.165, 1.54) is 0 Å². The van der Waals surface area contributed by atoms with Crippen molar-refractivity contribution in [3.8, 4) is 0 Å². The Hall–Kier alpha value is -0.690. The summed E-state index contributed by atoms with van der Waals surface area (Å²) < 4.78 is 15.6. The number of hydrogen-bond donors (Lipinski definition) is 6. The molecule has 0 saturated carbocycles. The quantitative estimate of drug-likeness (QED) is 0.251. The molecular formula is C12H20O10. The van der Waals surface area contributed by atoms with Gasteiger partial charge in [0, 0.05) is 0 Å². The van der Waals surface area contributed by atoms with Crippen molar-refractivity contribution >= 4 is 6.29 Å². The summed E-state index contributed by atoms with van der Waals surface area (Å²) in [5, 5.41) is 57.4. The molecule has 6 N–H and O–H groups in total. The van der Waals surface area contributed by atoms with Gasteiger partial charge < -0.3 is 49.6 Å². The van der Waals surface area contributed by atoms with E-state index in [0.29, 0.717) is 0 Å². The second-order valence-corrected chi connectivity index (χ2v) is 5.29. The van der Waals surface area contributed by atoms with Gasteiger partial charge in [0.05, 0.1) is 13.2 Å². The summed E-state index contributed by atoms with van der Waals surface area (Å²) in [6.45, 7) is -0.792. The van der Waals surface area contributed by atoms with E-state index in [4.69, 9.17) is 19.3 Å². The molecule has 2 heterocycles. The lowest BCUT2D eigenvalue weighted by Crippen LogP contribution is -2.58. The van der Waals surface area contributed by atoms with Crippen LogP contribution < -0.4 is 0 Å². The Morgan fingerprint density at radius 1 is 1.23 bits per heavy atom. The molecule has 0 aromatic carbocycles. The van der Waals surface area contributed by atoms with Crippen LogP contribution in [0, 0.1) is 0 Å². The van der Waals surface area contributed by atoms with E-state index in [1.54, 1.807) is 0 Å². The molecule has 0 aliphatic carbocycles. The van der Waals surface area contributed by atoms with Gasteiger partial charge in [-0.05, 0) is 0 Å². The maximum absolute atomic E-state index is 10.7. The molecule has 0 amide bonds. The van der Waals surface area contributed by atoms with Crippen LogP contribution in [0.1, 0.15) is 0 Å². The van der Waals surface area contributed by atoms with Crippen LogP contribution in [0.25, 0.3) is 0 Å². The van der Waals surface area contributed by atoms with E-state index in [-0.39, 0.29) is 12.9 Å². The number of hydrogen-bond acceptors (Lipinski definition) is 10. The molecular weight excluding hydrogens is 304 g/mol. The Labute approximate surface area is 125 Å². The minimum Gasteiger partial charge on any atom is -0.394 e. The van der Waals surface area contributed by atoms with Gasteiger partial charge in [-0.15, -0.1) is 0 Å². The fourth-order valence-corrected chi connectivity index (χ4v) is 2.48. The zero-order chi connectivity index (χ0) is 16.4. The summed E-state index contributed by atoms with van der Waals surface area (Å²) >= 11 is 0. The van der Waals surface area contributed by atoms with E-state index >= 15 is 0 Å². The summed E-state index contributed by atoms with van der Waals surface area (Å²) in [4.78, 5) is 10.7. The lowest BCUT2D eigenvalue weighted by atomic mass is 10.0. The highest BCUT2D eigenvalue weighted by atomic mass is 16.7. The molecule has 9 atom stereocenters. The number of rotatable bonds is 7. The molecule has 10 nitrogen and oxygen atoms in total. The fraction of sp³-hybridized carbons (Fsp3) is 0.917. The first-order valence-corrected chi connectivity index (χ1v) is 6.79. The number of aldehydes is 1. The summed E-state index contributed by atoms with van der Waals surface area (Å²) in [6, 6.07) is 0. The van der Waals surface area contributed by atoms with Crippen LogP contribution in [0.5, 0.6) is 0 Å². The van der Waals surface area contributed by atoms with Crippen LogP contribution in [0.3, 0.4) is 0 Å². The first-order valence-electron chi connectivity index (χ1n) is 6.79. The van der Waals surface area contributed by atoms with Crippen LogP contribution in [-0.2, 0) is 19.0 Å². The van der Waals surface area contributed by atoms with Crippen molar-refractivity contribution in [3.05, 3.63) is 0 Å². The van der Waals surface area contributed by atoms with Gasteiger partial charge in [-0.3, -0.25) is 0 Å². The lowest BCUT2D eigenvalue weighted by molar-refractivity contribution is -0.295. The van der Waals surface area contributed by atoms with Gasteiger partial charge in [-0.25, -0.2) is 0 Å². The Bertz CT molecular complexity index is 379. The number of carbonyl (C=O) groups is 1. The number of carbonyl (C=O) groups excluding carboxylic acids is 1. The topological polar surface area (TPSA) is 166 Å². The predicted octanol–water partition coefficient (Wildman–Crippen LogP) is -4.51. The summed E-state index contributed by atoms with van der Waals surface area (Å²) in [5.74, 6) is 0. The Balaban J connectivity index is 2.08. The van der Waals surface area contributed by atoms with Crippen molar-refractivity contribution in [3.63, 3.8) is 0 Å². The van der Waals surface area contributed by atoms with Gasteiger partial charge in [0.15, 0.2) is 12.6 Å². The number of ether oxygens (including phenoxy) is 3. The Morgan fingerprint density at radius 3 is 2.50 bits per heavy atom. The normalized spacial score (nSPS) is 40.0. The molecule has 2 aliphatic rings. The van der Waals surface area contributed by atoms with Gasteiger partial charge in [-0.2, -0.15) is 0 Å². The van der Waals surface area contributed by atoms with E-state index < -0.39 is 61.7 Å². The Kier molecular flexibility index (Phi) is 5.82. The maximum atomic E-state index is 10.7. The first kappa shape index (κ1) is 17.7. The molecule has 22 heavy (non-hydrogen) atoms. The predicted molar refractivity (Wildman–Crippen MR) is 66.5 cm³/mol. The van der Waals surface area contributed by atoms with Gasteiger partial charge in [0.1, 0.15) is 48.8 Å². The Morgan fingerprint density at radius 2 is 1.91 bits per heavy atom. The second kappa shape index (κ2) is 7.25. The fourth-order valence-electron chi connectivity index (χ4n) is 2.48. The minimum atomic E-state index is -1.82. The smallest absolute Gasteiger partial charge is 0.187 e.